The first-order valence-electron chi connectivity index (χ1n) is 5.91. The summed E-state index contributed by atoms with van der Waals surface area (Å²) in [5, 5.41) is 0. The number of nitrogens with zero attached hydrogens (tertiary/aromatic N) is 2. The fourth-order valence-corrected chi connectivity index (χ4v) is 1.45. The molecule has 2 heteroatoms. The van der Waals surface area contributed by atoms with E-state index in [1.54, 1.807) is 0 Å². The minimum absolute atomic E-state index is 1.11. The zero-order chi connectivity index (χ0) is 10.8. The van der Waals surface area contributed by atoms with Gasteiger partial charge in [0.25, 0.3) is 0 Å². The van der Waals surface area contributed by atoms with Crippen molar-refractivity contribution in [1.82, 2.24) is 9.80 Å². The topological polar surface area (TPSA) is 6.48 Å². The highest BCUT2D eigenvalue weighted by atomic mass is 15.1. The van der Waals surface area contributed by atoms with Crippen molar-refractivity contribution < 1.29 is 0 Å². The summed E-state index contributed by atoms with van der Waals surface area (Å²) in [5.41, 5.74) is 0. The van der Waals surface area contributed by atoms with Crippen molar-refractivity contribution >= 4 is 0 Å². The van der Waals surface area contributed by atoms with Gasteiger partial charge in [-0.15, -0.1) is 0 Å². The average Bonchev–Trinajstić information content (AvgIpc) is 2.24. The summed E-state index contributed by atoms with van der Waals surface area (Å²) < 4.78 is 0. The lowest BCUT2D eigenvalue weighted by Crippen LogP contribution is -2.23. The summed E-state index contributed by atoms with van der Waals surface area (Å²) in [6, 6.07) is 0. The van der Waals surface area contributed by atoms with Gasteiger partial charge in [0.05, 0.1) is 0 Å². The molecule has 0 aliphatic carbocycles. The Bertz CT molecular complexity index is 135. The third-order valence-corrected chi connectivity index (χ3v) is 2.64. The van der Waals surface area contributed by atoms with Crippen LogP contribution < -0.4 is 0 Å². The van der Waals surface area contributed by atoms with Crippen LogP contribution in [0.3, 0.4) is 0 Å². The molecule has 0 N–H and O–H groups in total. The second-order valence-corrected chi connectivity index (χ2v) is 3.42. The quantitative estimate of drug-likeness (QED) is 0.591. The molecule has 0 aromatic heterocycles. The molecule has 0 saturated heterocycles. The summed E-state index contributed by atoms with van der Waals surface area (Å²) in [5.74, 6) is 0. The van der Waals surface area contributed by atoms with E-state index in [2.05, 4.69) is 49.8 Å². The van der Waals surface area contributed by atoms with Crippen molar-refractivity contribution in [3.8, 4) is 0 Å². The van der Waals surface area contributed by atoms with Crippen LogP contribution in [0.2, 0.25) is 0 Å². The molecule has 0 bridgehead atoms. The molecule has 0 unspecified atom stereocenters. The van der Waals surface area contributed by atoms with Crippen LogP contribution in [0.25, 0.3) is 0 Å². The highest BCUT2D eigenvalue weighted by molar-refractivity contribution is 4.82. The number of hydrogen-bond acceptors (Lipinski definition) is 2. The number of hydrogen-bond donors (Lipinski definition) is 0. The average molecular weight is 198 g/mol. The summed E-state index contributed by atoms with van der Waals surface area (Å²) in [4.78, 5) is 4.77. The van der Waals surface area contributed by atoms with Crippen LogP contribution >= 0.6 is 0 Å². The van der Waals surface area contributed by atoms with Crippen LogP contribution in [-0.2, 0) is 0 Å². The second kappa shape index (κ2) is 9.07. The maximum atomic E-state index is 2.45. The van der Waals surface area contributed by atoms with E-state index < -0.39 is 0 Å². The lowest BCUT2D eigenvalue weighted by atomic mass is 10.3. The molecule has 0 aromatic carbocycles. The van der Waals surface area contributed by atoms with Crippen LogP contribution in [0.15, 0.2) is 12.3 Å². The van der Waals surface area contributed by atoms with Crippen molar-refractivity contribution in [3.63, 3.8) is 0 Å². The molecule has 0 aromatic rings. The summed E-state index contributed by atoms with van der Waals surface area (Å²) in [6.45, 7) is 14.6. The molecule has 0 heterocycles. The van der Waals surface area contributed by atoms with Gasteiger partial charge in [0.2, 0.25) is 0 Å². The fourth-order valence-electron chi connectivity index (χ4n) is 1.45. The molecule has 0 amide bonds. The van der Waals surface area contributed by atoms with Crippen LogP contribution in [0.1, 0.15) is 34.1 Å². The first kappa shape index (κ1) is 13.5. The predicted octanol–water partition coefficient (Wildman–Crippen LogP) is 2.57. The van der Waals surface area contributed by atoms with Gasteiger partial charge in [-0.1, -0.05) is 19.9 Å². The Kier molecular flexibility index (Phi) is 8.75. The van der Waals surface area contributed by atoms with E-state index in [0.29, 0.717) is 0 Å². The minimum Gasteiger partial charge on any atom is -0.378 e. The highest BCUT2D eigenvalue weighted by Crippen LogP contribution is 1.94. The Morgan fingerprint density at radius 1 is 0.857 bits per heavy atom. The molecule has 0 rings (SSSR count). The molecule has 14 heavy (non-hydrogen) atoms. The fraction of sp³-hybridized carbons (Fsp3) is 0.833. The van der Waals surface area contributed by atoms with Gasteiger partial charge in [0.15, 0.2) is 0 Å². The zero-order valence-corrected chi connectivity index (χ0v) is 10.3. The largest absolute Gasteiger partial charge is 0.378 e. The lowest BCUT2D eigenvalue weighted by molar-refractivity contribution is 0.309. The van der Waals surface area contributed by atoms with E-state index in [1.807, 2.05) is 0 Å². The molecule has 84 valence electrons. The normalized spacial score (nSPS) is 11.5. The minimum atomic E-state index is 1.11. The van der Waals surface area contributed by atoms with Crippen LogP contribution in [0, 0.1) is 0 Å². The molecule has 0 aliphatic rings. The molecule has 0 aliphatic heterocycles. The molecule has 0 atom stereocenters. The van der Waals surface area contributed by atoms with E-state index in [4.69, 9.17) is 0 Å². The highest BCUT2D eigenvalue weighted by Gasteiger charge is 1.95. The summed E-state index contributed by atoms with van der Waals surface area (Å²) in [7, 11) is 0. The van der Waals surface area contributed by atoms with Crippen molar-refractivity contribution in [2.45, 2.75) is 34.1 Å². The Balaban J connectivity index is 3.60. The van der Waals surface area contributed by atoms with Crippen molar-refractivity contribution in [3.05, 3.63) is 12.3 Å². The van der Waals surface area contributed by atoms with E-state index in [-0.39, 0.29) is 0 Å². The monoisotopic (exact) mass is 198 g/mol. The summed E-state index contributed by atoms with van der Waals surface area (Å²) >= 11 is 0. The summed E-state index contributed by atoms with van der Waals surface area (Å²) in [6.07, 6.45) is 5.67. The number of rotatable bonds is 8. The molecule has 0 spiro atoms. The molecule has 0 saturated carbocycles. The predicted molar refractivity (Wildman–Crippen MR) is 64.5 cm³/mol. The Hall–Kier alpha value is -0.500. The van der Waals surface area contributed by atoms with Gasteiger partial charge in [-0.25, -0.2) is 0 Å². The zero-order valence-electron chi connectivity index (χ0n) is 10.3. The van der Waals surface area contributed by atoms with Gasteiger partial charge in [-0.3, -0.25) is 0 Å². The first-order valence-corrected chi connectivity index (χ1v) is 5.91. The molecular weight excluding hydrogens is 172 g/mol. The molecule has 0 fully saturated rings. The first-order chi connectivity index (χ1) is 6.78. The van der Waals surface area contributed by atoms with E-state index in [9.17, 15) is 0 Å². The molecule has 2 nitrogen and oxygen atoms in total. The van der Waals surface area contributed by atoms with Gasteiger partial charge in [0, 0.05) is 19.6 Å². The molecular formula is C12H26N2. The van der Waals surface area contributed by atoms with E-state index in [1.165, 1.54) is 6.54 Å². The molecule has 0 radical (unpaired) electrons. The van der Waals surface area contributed by atoms with Gasteiger partial charge in [-0.2, -0.15) is 0 Å². The Labute approximate surface area is 89.6 Å². The van der Waals surface area contributed by atoms with Crippen molar-refractivity contribution in [1.29, 1.82) is 0 Å². The maximum Gasteiger partial charge on any atom is 0.0143 e. The third kappa shape index (κ3) is 6.03. The SMILES string of the molecule is CCN(C=CCCN(CC)CC)CC. The standard InChI is InChI=1S/C12H26N2/c1-5-13(6-2)11-9-10-12-14(7-3)8-4/h9,11H,5-8,10,12H2,1-4H3. The third-order valence-electron chi connectivity index (χ3n) is 2.64. The van der Waals surface area contributed by atoms with Crippen molar-refractivity contribution in [2.24, 2.45) is 0 Å². The smallest absolute Gasteiger partial charge is 0.0143 e. The van der Waals surface area contributed by atoms with Gasteiger partial charge < -0.3 is 9.80 Å². The Morgan fingerprint density at radius 2 is 1.43 bits per heavy atom. The second-order valence-electron chi connectivity index (χ2n) is 3.42. The lowest BCUT2D eigenvalue weighted by Gasteiger charge is -2.17. The van der Waals surface area contributed by atoms with Crippen LogP contribution in [0.5, 0.6) is 0 Å². The van der Waals surface area contributed by atoms with Gasteiger partial charge in [0.1, 0.15) is 0 Å². The van der Waals surface area contributed by atoms with E-state index >= 15 is 0 Å². The van der Waals surface area contributed by atoms with Gasteiger partial charge in [-0.05, 0) is 39.6 Å². The van der Waals surface area contributed by atoms with Crippen LogP contribution in [0.4, 0.5) is 0 Å². The Morgan fingerprint density at radius 3 is 1.86 bits per heavy atom. The van der Waals surface area contributed by atoms with Gasteiger partial charge >= 0.3 is 0 Å². The van der Waals surface area contributed by atoms with Crippen molar-refractivity contribution in [2.75, 3.05) is 32.7 Å². The van der Waals surface area contributed by atoms with E-state index in [0.717, 1.165) is 32.6 Å². The van der Waals surface area contributed by atoms with Crippen LogP contribution in [-0.4, -0.2) is 42.5 Å². The maximum absolute atomic E-state index is 2.45.